The molecule has 1 aromatic carbocycles. The molecule has 1 aliphatic heterocycles. The Hall–Kier alpha value is -1.75. The van der Waals surface area contributed by atoms with Crippen LogP contribution in [0.3, 0.4) is 0 Å². The first-order chi connectivity index (χ1) is 9.06. The fourth-order valence-corrected chi connectivity index (χ4v) is 2.35. The largest absolute Gasteiger partial charge is 0.508 e. The van der Waals surface area contributed by atoms with E-state index in [9.17, 15) is 15.0 Å². The van der Waals surface area contributed by atoms with Gasteiger partial charge >= 0.3 is 0 Å². The molecule has 0 saturated carbocycles. The number of benzene rings is 1. The van der Waals surface area contributed by atoms with Crippen molar-refractivity contribution in [3.63, 3.8) is 0 Å². The minimum Gasteiger partial charge on any atom is -0.508 e. The van der Waals surface area contributed by atoms with Gasteiger partial charge in [-0.3, -0.25) is 4.79 Å². The van der Waals surface area contributed by atoms with E-state index < -0.39 is 0 Å². The molecule has 2 rings (SSSR count). The van der Waals surface area contributed by atoms with E-state index in [1.165, 1.54) is 18.2 Å². The quantitative estimate of drug-likeness (QED) is 0.776. The molecule has 0 spiro atoms. The van der Waals surface area contributed by atoms with Gasteiger partial charge in [-0.25, -0.2) is 0 Å². The van der Waals surface area contributed by atoms with Crippen LogP contribution in [0.2, 0.25) is 0 Å². The lowest BCUT2D eigenvalue weighted by molar-refractivity contribution is 0.0538. The topological polar surface area (TPSA) is 78.8 Å². The molecule has 5 heteroatoms. The van der Waals surface area contributed by atoms with Gasteiger partial charge in [0.25, 0.3) is 5.91 Å². The maximum atomic E-state index is 12.0. The Bertz CT molecular complexity index is 435. The zero-order valence-corrected chi connectivity index (χ0v) is 10.9. The summed E-state index contributed by atoms with van der Waals surface area (Å²) >= 11 is 0. The van der Waals surface area contributed by atoms with Crippen molar-refractivity contribution in [3.8, 4) is 11.5 Å². The molecule has 1 amide bonds. The van der Waals surface area contributed by atoms with Crippen molar-refractivity contribution in [1.29, 1.82) is 0 Å². The van der Waals surface area contributed by atoms with Gasteiger partial charge in [0.2, 0.25) is 0 Å². The van der Waals surface area contributed by atoms with Crippen molar-refractivity contribution in [2.24, 2.45) is 5.92 Å². The zero-order valence-electron chi connectivity index (χ0n) is 10.9. The first-order valence-electron chi connectivity index (χ1n) is 6.48. The Morgan fingerprint density at radius 1 is 1.26 bits per heavy atom. The predicted octanol–water partition coefficient (Wildman–Crippen LogP) is 1.64. The van der Waals surface area contributed by atoms with Crippen LogP contribution in [0.25, 0.3) is 0 Å². The molecule has 0 aliphatic carbocycles. The zero-order chi connectivity index (χ0) is 13.8. The van der Waals surface area contributed by atoms with Crippen LogP contribution in [0, 0.1) is 5.92 Å². The highest BCUT2D eigenvalue weighted by Crippen LogP contribution is 2.22. The highest BCUT2D eigenvalue weighted by atomic mass is 16.5. The average molecular weight is 265 g/mol. The number of hydrogen-bond acceptors (Lipinski definition) is 4. The van der Waals surface area contributed by atoms with Crippen molar-refractivity contribution < 1.29 is 19.7 Å². The van der Waals surface area contributed by atoms with Crippen molar-refractivity contribution in [1.82, 2.24) is 5.32 Å². The van der Waals surface area contributed by atoms with Crippen LogP contribution < -0.4 is 5.32 Å². The molecule has 1 unspecified atom stereocenters. The summed E-state index contributed by atoms with van der Waals surface area (Å²) in [7, 11) is 0. The number of carbonyl (C=O) groups excluding carboxylic acids is 1. The van der Waals surface area contributed by atoms with E-state index in [1.54, 1.807) is 0 Å². The van der Waals surface area contributed by atoms with Crippen molar-refractivity contribution >= 4 is 5.91 Å². The molecule has 5 nitrogen and oxygen atoms in total. The summed E-state index contributed by atoms with van der Waals surface area (Å²) in [6, 6.07) is 3.91. The van der Waals surface area contributed by atoms with E-state index >= 15 is 0 Å². The minimum absolute atomic E-state index is 0.0425. The Morgan fingerprint density at radius 2 is 1.84 bits per heavy atom. The van der Waals surface area contributed by atoms with Gasteiger partial charge in [-0.05, 0) is 37.8 Å². The Balaban J connectivity index is 1.99. The standard InChI is InChI=1S/C14H19NO4/c1-9(10-2-4-19-5-3-10)15-14(18)11-6-12(16)8-13(17)7-11/h6-10,16-17H,2-5H2,1H3,(H,15,18). The number of phenols is 2. The van der Waals surface area contributed by atoms with Crippen LogP contribution in [0.15, 0.2) is 18.2 Å². The second kappa shape index (κ2) is 5.93. The van der Waals surface area contributed by atoms with Gasteiger partial charge < -0.3 is 20.3 Å². The van der Waals surface area contributed by atoms with Crippen LogP contribution in [-0.4, -0.2) is 35.4 Å². The number of nitrogens with one attached hydrogen (secondary N) is 1. The summed E-state index contributed by atoms with van der Waals surface area (Å²) in [6.45, 7) is 3.44. The third-order valence-electron chi connectivity index (χ3n) is 3.50. The smallest absolute Gasteiger partial charge is 0.251 e. The predicted molar refractivity (Wildman–Crippen MR) is 70.2 cm³/mol. The number of aromatic hydroxyl groups is 2. The Morgan fingerprint density at radius 3 is 2.42 bits per heavy atom. The summed E-state index contributed by atoms with van der Waals surface area (Å²) in [5.74, 6) is -0.124. The van der Waals surface area contributed by atoms with E-state index in [2.05, 4.69) is 5.32 Å². The van der Waals surface area contributed by atoms with Crippen LogP contribution in [0.1, 0.15) is 30.1 Å². The van der Waals surface area contributed by atoms with Gasteiger partial charge in [0.15, 0.2) is 0 Å². The number of hydrogen-bond donors (Lipinski definition) is 3. The van der Waals surface area contributed by atoms with E-state index in [0.717, 1.165) is 26.1 Å². The molecule has 0 bridgehead atoms. The lowest BCUT2D eigenvalue weighted by Crippen LogP contribution is -2.40. The summed E-state index contributed by atoms with van der Waals surface area (Å²) in [5.41, 5.74) is 0.261. The van der Waals surface area contributed by atoms with Crippen molar-refractivity contribution in [2.45, 2.75) is 25.8 Å². The Kier molecular flexibility index (Phi) is 4.27. The average Bonchev–Trinajstić information content (AvgIpc) is 2.38. The van der Waals surface area contributed by atoms with Gasteiger partial charge in [-0.1, -0.05) is 0 Å². The Labute approximate surface area is 112 Å². The van der Waals surface area contributed by atoms with Gasteiger partial charge in [0.1, 0.15) is 11.5 Å². The molecule has 104 valence electrons. The number of phenolic OH excluding ortho intramolecular Hbond substituents is 2. The van der Waals surface area contributed by atoms with Crippen LogP contribution >= 0.6 is 0 Å². The molecule has 1 aliphatic rings. The second-order valence-electron chi connectivity index (χ2n) is 4.95. The fraction of sp³-hybridized carbons (Fsp3) is 0.500. The third kappa shape index (κ3) is 3.61. The number of ether oxygens (including phenoxy) is 1. The molecular weight excluding hydrogens is 246 g/mol. The molecular formula is C14H19NO4. The highest BCUT2D eigenvalue weighted by Gasteiger charge is 2.22. The van der Waals surface area contributed by atoms with Gasteiger partial charge in [-0.2, -0.15) is 0 Å². The van der Waals surface area contributed by atoms with Gasteiger partial charge in [0, 0.05) is 30.9 Å². The van der Waals surface area contributed by atoms with E-state index in [1.807, 2.05) is 6.92 Å². The molecule has 19 heavy (non-hydrogen) atoms. The maximum Gasteiger partial charge on any atom is 0.251 e. The van der Waals surface area contributed by atoms with Crippen LogP contribution in [-0.2, 0) is 4.74 Å². The minimum atomic E-state index is -0.287. The monoisotopic (exact) mass is 265 g/mol. The number of carbonyl (C=O) groups is 1. The normalized spacial score (nSPS) is 17.9. The second-order valence-corrected chi connectivity index (χ2v) is 4.95. The van der Waals surface area contributed by atoms with Crippen LogP contribution in [0.4, 0.5) is 0 Å². The van der Waals surface area contributed by atoms with Gasteiger partial charge in [-0.15, -0.1) is 0 Å². The highest BCUT2D eigenvalue weighted by molar-refractivity contribution is 5.95. The number of rotatable bonds is 3. The van der Waals surface area contributed by atoms with Gasteiger partial charge in [0.05, 0.1) is 0 Å². The first kappa shape index (κ1) is 13.7. The molecule has 0 aromatic heterocycles. The van der Waals surface area contributed by atoms with Crippen LogP contribution in [0.5, 0.6) is 11.5 Å². The molecule has 1 saturated heterocycles. The van der Waals surface area contributed by atoms with E-state index in [0.29, 0.717) is 5.92 Å². The number of amides is 1. The molecule has 1 aromatic rings. The summed E-state index contributed by atoms with van der Waals surface area (Å²) in [6.07, 6.45) is 1.87. The SMILES string of the molecule is CC(NC(=O)c1cc(O)cc(O)c1)C1CCOCC1. The van der Waals surface area contributed by atoms with Crippen molar-refractivity contribution in [2.75, 3.05) is 13.2 Å². The summed E-state index contributed by atoms with van der Waals surface area (Å²) < 4.78 is 5.29. The molecule has 1 fully saturated rings. The van der Waals surface area contributed by atoms with E-state index in [4.69, 9.17) is 4.74 Å². The molecule has 1 heterocycles. The fourth-order valence-electron chi connectivity index (χ4n) is 2.35. The molecule has 3 N–H and O–H groups in total. The molecule has 0 radical (unpaired) electrons. The third-order valence-corrected chi connectivity index (χ3v) is 3.50. The first-order valence-corrected chi connectivity index (χ1v) is 6.48. The lowest BCUT2D eigenvalue weighted by atomic mass is 9.93. The molecule has 1 atom stereocenters. The summed E-state index contributed by atoms with van der Waals surface area (Å²) in [5, 5.41) is 21.6. The maximum absolute atomic E-state index is 12.0. The van der Waals surface area contributed by atoms with E-state index in [-0.39, 0.29) is 29.0 Å². The lowest BCUT2D eigenvalue weighted by Gasteiger charge is -2.28. The summed E-state index contributed by atoms with van der Waals surface area (Å²) in [4.78, 5) is 12.0. The van der Waals surface area contributed by atoms with Crippen molar-refractivity contribution in [3.05, 3.63) is 23.8 Å².